The second kappa shape index (κ2) is 11.2. The van der Waals surface area contributed by atoms with Crippen molar-refractivity contribution in [2.75, 3.05) is 37.1 Å². The van der Waals surface area contributed by atoms with Gasteiger partial charge in [-0.15, -0.1) is 0 Å². The van der Waals surface area contributed by atoms with Gasteiger partial charge in [0.2, 0.25) is 11.8 Å². The van der Waals surface area contributed by atoms with Gasteiger partial charge in [0.05, 0.1) is 25.4 Å². The van der Waals surface area contributed by atoms with Crippen molar-refractivity contribution in [1.82, 2.24) is 9.97 Å². The molecule has 13 heteroatoms. The Balaban J connectivity index is 2.69. The lowest BCUT2D eigenvalue weighted by atomic mass is 10.2. The van der Waals surface area contributed by atoms with E-state index in [4.69, 9.17) is 53.4 Å². The summed E-state index contributed by atoms with van der Waals surface area (Å²) < 4.78 is 21.1. The predicted octanol–water partition coefficient (Wildman–Crippen LogP) is 2.08. The molecule has 6 N–H and O–H groups in total. The van der Waals surface area contributed by atoms with Crippen LogP contribution >= 0.6 is 18.3 Å². The Morgan fingerprint density at radius 3 is 2.56 bits per heavy atom. The van der Waals surface area contributed by atoms with Crippen molar-refractivity contribution in [3.05, 3.63) is 0 Å². The molecule has 0 bridgehead atoms. The molecule has 0 aliphatic heterocycles. The number of aromatic nitrogens is 2. The van der Waals surface area contributed by atoms with Gasteiger partial charge in [-0.1, -0.05) is 11.6 Å². The number of nitrogens with one attached hydrogen (secondary N) is 1. The van der Waals surface area contributed by atoms with Gasteiger partial charge in [0.15, 0.2) is 5.82 Å². The van der Waals surface area contributed by atoms with E-state index in [2.05, 4.69) is 15.3 Å². The molecule has 0 radical (unpaired) electrons. The highest BCUT2D eigenvalue weighted by atomic mass is 35.5. The predicted molar refractivity (Wildman–Crippen MR) is 109 cm³/mol. The second-order valence-corrected chi connectivity index (χ2v) is 9.02. The number of hydrogen-bond donors (Lipinski definition) is 4. The van der Waals surface area contributed by atoms with Gasteiger partial charge in [-0.2, -0.15) is 9.97 Å². The van der Waals surface area contributed by atoms with E-state index >= 15 is 0 Å². The zero-order valence-corrected chi connectivity index (χ0v) is 18.2. The van der Waals surface area contributed by atoms with Gasteiger partial charge in [0.1, 0.15) is 11.2 Å². The quantitative estimate of drug-likeness (QED) is 0.214. The first-order chi connectivity index (χ1) is 12.6. The van der Waals surface area contributed by atoms with Crippen LogP contribution in [-0.4, -0.2) is 52.9 Å². The number of alkyl halides is 1. The molecule has 0 aliphatic rings. The van der Waals surface area contributed by atoms with E-state index in [0.717, 1.165) is 0 Å². The third kappa shape index (κ3) is 8.73. The largest absolute Gasteiger partial charge is 0.476 e. The van der Waals surface area contributed by atoms with Crippen LogP contribution in [0.5, 0.6) is 5.88 Å². The van der Waals surface area contributed by atoms with Crippen LogP contribution in [0, 0.1) is 0 Å². The summed E-state index contributed by atoms with van der Waals surface area (Å²) in [6.07, 6.45) is -0.422. The molecule has 3 unspecified atom stereocenters. The van der Waals surface area contributed by atoms with Crippen molar-refractivity contribution in [3.8, 4) is 5.88 Å². The van der Waals surface area contributed by atoms with Gasteiger partial charge >= 0.3 is 6.72 Å². The van der Waals surface area contributed by atoms with E-state index in [1.807, 2.05) is 0 Å². The number of rotatable bonds is 12. The second-order valence-electron chi connectivity index (χ2n) is 5.71. The van der Waals surface area contributed by atoms with Gasteiger partial charge in [-0.3, -0.25) is 0 Å². The Hall–Kier alpha value is -0.940. The van der Waals surface area contributed by atoms with Crippen LogP contribution < -0.4 is 21.5 Å². The van der Waals surface area contributed by atoms with E-state index in [1.165, 1.54) is 7.11 Å². The molecule has 0 fully saturated rings. The summed E-state index contributed by atoms with van der Waals surface area (Å²) in [7, 11) is 1.49. The number of nitrogen functional groups attached to an aromatic ring is 2. The van der Waals surface area contributed by atoms with Crippen molar-refractivity contribution >= 4 is 47.6 Å². The zero-order valence-electron chi connectivity index (χ0n) is 15.7. The van der Waals surface area contributed by atoms with E-state index in [9.17, 15) is 4.89 Å². The lowest BCUT2D eigenvalue weighted by Crippen LogP contribution is -2.27. The van der Waals surface area contributed by atoms with E-state index in [0.29, 0.717) is 13.0 Å². The van der Waals surface area contributed by atoms with E-state index in [1.54, 1.807) is 20.8 Å². The highest BCUT2D eigenvalue weighted by molar-refractivity contribution is 8.07. The summed E-state index contributed by atoms with van der Waals surface area (Å²) in [5.41, 5.74) is 11.2. The highest BCUT2D eigenvalue weighted by Crippen LogP contribution is 2.45. The van der Waals surface area contributed by atoms with E-state index in [-0.39, 0.29) is 36.0 Å². The molecule has 1 heterocycles. The lowest BCUT2D eigenvalue weighted by Gasteiger charge is -2.23. The van der Waals surface area contributed by atoms with Crippen molar-refractivity contribution in [3.63, 3.8) is 0 Å². The molecule has 0 spiro atoms. The monoisotopic (exact) mass is 443 g/mol. The summed E-state index contributed by atoms with van der Waals surface area (Å²) in [5.74, 6) is 0.421. The molecule has 27 heavy (non-hydrogen) atoms. The van der Waals surface area contributed by atoms with Crippen LogP contribution in [-0.2, 0) is 25.6 Å². The average molecular weight is 444 g/mol. The van der Waals surface area contributed by atoms with Crippen molar-refractivity contribution in [1.29, 1.82) is 0 Å². The van der Waals surface area contributed by atoms with Crippen LogP contribution in [0.15, 0.2) is 0 Å². The molecule has 0 saturated carbocycles. The molecule has 1 aromatic heterocycles. The van der Waals surface area contributed by atoms with Crippen molar-refractivity contribution in [2.45, 2.75) is 44.9 Å². The maximum atomic E-state index is 9.96. The van der Waals surface area contributed by atoms with Crippen LogP contribution in [0.4, 0.5) is 17.5 Å². The van der Waals surface area contributed by atoms with Crippen molar-refractivity contribution in [2.24, 2.45) is 0 Å². The molecule has 0 saturated heterocycles. The van der Waals surface area contributed by atoms with Crippen LogP contribution in [0.25, 0.3) is 0 Å². The van der Waals surface area contributed by atoms with Gasteiger partial charge < -0.3 is 40.2 Å². The SMILES string of the molecule is CCOc1nc(N)nc(NC(Cl)CC(COP(O)(=S)OC(C)C)OC)c1N. The fourth-order valence-electron chi connectivity index (χ4n) is 1.97. The molecule has 1 aromatic rings. The molecule has 3 atom stereocenters. The van der Waals surface area contributed by atoms with Crippen molar-refractivity contribution < 1.29 is 23.4 Å². The maximum Gasteiger partial charge on any atom is 0.324 e. The topological polar surface area (TPSA) is 147 Å². The summed E-state index contributed by atoms with van der Waals surface area (Å²) in [6, 6.07) is 0. The van der Waals surface area contributed by atoms with Gasteiger partial charge in [0, 0.05) is 13.5 Å². The minimum Gasteiger partial charge on any atom is -0.476 e. The van der Waals surface area contributed by atoms with Gasteiger partial charge in [-0.05, 0) is 32.6 Å². The standard InChI is InChI=1S/C14H27ClN5O5PS/c1-5-23-13-11(16)12(19-14(17)20-13)18-10(15)6-9(22-4)7-24-26(21,27)25-8(2)3/h8-10H,5-7,16H2,1-4H3,(H,21,27)(H3,17,18,19,20). The van der Waals surface area contributed by atoms with Crippen LogP contribution in [0.3, 0.4) is 0 Å². The molecule has 0 amide bonds. The van der Waals surface area contributed by atoms with E-state index < -0.39 is 18.3 Å². The molecule has 0 aliphatic carbocycles. The number of anilines is 3. The first-order valence-electron chi connectivity index (χ1n) is 8.22. The number of nitrogens with two attached hydrogens (primary N) is 2. The molecular weight excluding hydrogens is 417 g/mol. The summed E-state index contributed by atoms with van der Waals surface area (Å²) >= 11 is 11.3. The summed E-state index contributed by atoms with van der Waals surface area (Å²) in [4.78, 5) is 17.9. The Bertz CT molecular complexity index is 657. The van der Waals surface area contributed by atoms with Crippen LogP contribution in [0.2, 0.25) is 0 Å². The minimum atomic E-state index is -3.34. The number of halogens is 1. The lowest BCUT2D eigenvalue weighted by molar-refractivity contribution is 0.0410. The summed E-state index contributed by atoms with van der Waals surface area (Å²) in [5, 5.41) is 2.93. The molecule has 0 aromatic carbocycles. The molecule has 156 valence electrons. The number of nitrogens with zero attached hydrogens (tertiary/aromatic N) is 2. The third-order valence-corrected chi connectivity index (χ3v) is 5.10. The minimum absolute atomic E-state index is 0.00236. The fourth-order valence-corrected chi connectivity index (χ4v) is 3.92. The zero-order chi connectivity index (χ0) is 20.6. The smallest absolute Gasteiger partial charge is 0.324 e. The third-order valence-electron chi connectivity index (χ3n) is 3.07. The fraction of sp³-hybridized carbons (Fsp3) is 0.714. The maximum absolute atomic E-state index is 9.96. The number of methoxy groups -OCH3 is 1. The average Bonchev–Trinajstić information content (AvgIpc) is 2.54. The Kier molecular flexibility index (Phi) is 9.96. The molecule has 1 rings (SSSR count). The first kappa shape index (κ1) is 24.1. The number of hydrogen-bond acceptors (Lipinski definition) is 10. The van der Waals surface area contributed by atoms with Gasteiger partial charge in [-0.25, -0.2) is 0 Å². The molecule has 10 nitrogen and oxygen atoms in total. The molecular formula is C14H27ClN5O5PS. The summed E-state index contributed by atoms with van der Waals surface area (Å²) in [6.45, 7) is 2.34. The number of ether oxygens (including phenoxy) is 2. The highest BCUT2D eigenvalue weighted by Gasteiger charge is 2.23. The Morgan fingerprint density at radius 2 is 2.00 bits per heavy atom. The first-order valence-corrected chi connectivity index (χ1v) is 11.3. The Morgan fingerprint density at radius 1 is 1.33 bits per heavy atom. The normalized spacial score (nSPS) is 16.0. The Labute approximate surface area is 169 Å². The van der Waals surface area contributed by atoms with Crippen LogP contribution in [0.1, 0.15) is 27.2 Å². The van der Waals surface area contributed by atoms with Gasteiger partial charge in [0.25, 0.3) is 0 Å².